The Kier molecular flexibility index (Phi) is 3.45. The first-order valence-corrected chi connectivity index (χ1v) is 7.08. The van der Waals surface area contributed by atoms with Gasteiger partial charge >= 0.3 is 0 Å². The molecule has 102 valence electrons. The third-order valence-electron chi connectivity index (χ3n) is 3.40. The van der Waals surface area contributed by atoms with Gasteiger partial charge in [0.15, 0.2) is 5.84 Å². The SMILES string of the molecule is CC(C)N1Cc2ccc(Cl)cc2N=C1c1ccccn1. The van der Waals surface area contributed by atoms with Crippen molar-refractivity contribution < 1.29 is 0 Å². The molecule has 2 aromatic rings. The van der Waals surface area contributed by atoms with E-state index in [0.717, 1.165) is 23.8 Å². The Morgan fingerprint density at radius 2 is 2.05 bits per heavy atom. The van der Waals surface area contributed by atoms with Crippen LogP contribution in [0.5, 0.6) is 0 Å². The summed E-state index contributed by atoms with van der Waals surface area (Å²) in [7, 11) is 0. The van der Waals surface area contributed by atoms with Crippen LogP contribution in [0.15, 0.2) is 47.6 Å². The second-order valence-electron chi connectivity index (χ2n) is 5.15. The molecule has 20 heavy (non-hydrogen) atoms. The minimum atomic E-state index is 0.361. The fourth-order valence-electron chi connectivity index (χ4n) is 2.34. The number of aromatic nitrogens is 1. The number of nitrogens with zero attached hydrogens (tertiary/aromatic N) is 3. The van der Waals surface area contributed by atoms with Crippen molar-refractivity contribution in [3.05, 3.63) is 58.9 Å². The van der Waals surface area contributed by atoms with Gasteiger partial charge in [-0.05, 0) is 43.7 Å². The van der Waals surface area contributed by atoms with Crippen LogP contribution in [0.2, 0.25) is 5.02 Å². The quantitative estimate of drug-likeness (QED) is 0.833. The van der Waals surface area contributed by atoms with Gasteiger partial charge in [-0.25, -0.2) is 4.99 Å². The van der Waals surface area contributed by atoms with Crippen molar-refractivity contribution in [2.75, 3.05) is 0 Å². The van der Waals surface area contributed by atoms with Crippen LogP contribution < -0.4 is 0 Å². The van der Waals surface area contributed by atoms with Crippen LogP contribution in [0.4, 0.5) is 5.69 Å². The second-order valence-corrected chi connectivity index (χ2v) is 5.58. The highest BCUT2D eigenvalue weighted by Gasteiger charge is 2.23. The summed E-state index contributed by atoms with van der Waals surface area (Å²) >= 11 is 6.07. The lowest BCUT2D eigenvalue weighted by atomic mass is 10.1. The lowest BCUT2D eigenvalue weighted by molar-refractivity contribution is 0.338. The number of fused-ring (bicyclic) bond motifs is 1. The van der Waals surface area contributed by atoms with Crippen LogP contribution in [0.25, 0.3) is 0 Å². The average Bonchev–Trinajstić information content (AvgIpc) is 2.46. The lowest BCUT2D eigenvalue weighted by Crippen LogP contribution is -2.39. The van der Waals surface area contributed by atoms with E-state index in [2.05, 4.69) is 23.7 Å². The molecule has 0 aliphatic carbocycles. The van der Waals surface area contributed by atoms with E-state index in [0.29, 0.717) is 11.1 Å². The minimum absolute atomic E-state index is 0.361. The van der Waals surface area contributed by atoms with E-state index in [1.54, 1.807) is 6.20 Å². The number of amidine groups is 1. The molecule has 0 saturated carbocycles. The van der Waals surface area contributed by atoms with Gasteiger partial charge in [-0.2, -0.15) is 0 Å². The Morgan fingerprint density at radius 1 is 1.20 bits per heavy atom. The van der Waals surface area contributed by atoms with E-state index in [4.69, 9.17) is 16.6 Å². The third kappa shape index (κ3) is 2.41. The van der Waals surface area contributed by atoms with Gasteiger partial charge in [-0.1, -0.05) is 23.7 Å². The van der Waals surface area contributed by atoms with Crippen molar-refractivity contribution >= 4 is 23.1 Å². The lowest BCUT2D eigenvalue weighted by Gasteiger charge is -2.33. The molecule has 0 spiro atoms. The summed E-state index contributed by atoms with van der Waals surface area (Å²) in [4.78, 5) is 11.5. The first kappa shape index (κ1) is 13.1. The number of halogens is 1. The van der Waals surface area contributed by atoms with E-state index in [9.17, 15) is 0 Å². The van der Waals surface area contributed by atoms with Crippen LogP contribution in [0, 0.1) is 0 Å². The van der Waals surface area contributed by atoms with Crippen molar-refractivity contribution in [3.63, 3.8) is 0 Å². The first-order valence-electron chi connectivity index (χ1n) is 6.70. The zero-order valence-electron chi connectivity index (χ0n) is 11.5. The van der Waals surface area contributed by atoms with Gasteiger partial charge in [0.2, 0.25) is 0 Å². The molecule has 1 aliphatic rings. The zero-order chi connectivity index (χ0) is 14.1. The van der Waals surface area contributed by atoms with Crippen molar-refractivity contribution in [3.8, 4) is 0 Å². The smallest absolute Gasteiger partial charge is 0.155 e. The molecule has 0 bridgehead atoms. The molecular formula is C16H16ClN3. The topological polar surface area (TPSA) is 28.5 Å². The summed E-state index contributed by atoms with van der Waals surface area (Å²) in [6.07, 6.45) is 1.80. The Labute approximate surface area is 123 Å². The van der Waals surface area contributed by atoms with Gasteiger partial charge in [0, 0.05) is 23.8 Å². The van der Waals surface area contributed by atoms with Crippen molar-refractivity contribution in [1.82, 2.24) is 9.88 Å². The predicted molar refractivity (Wildman–Crippen MR) is 82.6 cm³/mol. The maximum atomic E-state index is 6.07. The summed E-state index contributed by atoms with van der Waals surface area (Å²) in [6, 6.07) is 12.1. The highest BCUT2D eigenvalue weighted by Crippen LogP contribution is 2.31. The minimum Gasteiger partial charge on any atom is -0.348 e. The molecule has 0 saturated heterocycles. The highest BCUT2D eigenvalue weighted by atomic mass is 35.5. The van der Waals surface area contributed by atoms with E-state index < -0.39 is 0 Å². The molecule has 2 heterocycles. The van der Waals surface area contributed by atoms with Crippen LogP contribution in [0.3, 0.4) is 0 Å². The first-order chi connectivity index (χ1) is 9.65. The second kappa shape index (κ2) is 5.25. The van der Waals surface area contributed by atoms with E-state index in [1.807, 2.05) is 36.4 Å². The molecule has 0 unspecified atom stereocenters. The molecular weight excluding hydrogens is 270 g/mol. The number of aliphatic imine (C=N–C) groups is 1. The summed E-state index contributed by atoms with van der Waals surface area (Å²) in [5, 5.41) is 0.714. The molecule has 0 amide bonds. The van der Waals surface area contributed by atoms with Crippen molar-refractivity contribution in [2.24, 2.45) is 4.99 Å². The standard InChI is InChI=1S/C16H16ClN3/c1-11(2)20-10-12-6-7-13(17)9-15(12)19-16(20)14-5-3-4-8-18-14/h3-9,11H,10H2,1-2H3. The number of benzene rings is 1. The van der Waals surface area contributed by atoms with E-state index in [-0.39, 0.29) is 0 Å². The predicted octanol–water partition coefficient (Wildman–Crippen LogP) is 4.04. The molecule has 0 radical (unpaired) electrons. The van der Waals surface area contributed by atoms with Gasteiger partial charge in [-0.3, -0.25) is 4.98 Å². The maximum Gasteiger partial charge on any atom is 0.155 e. The van der Waals surface area contributed by atoms with Crippen LogP contribution in [0.1, 0.15) is 25.1 Å². The molecule has 3 rings (SSSR count). The molecule has 3 nitrogen and oxygen atoms in total. The molecule has 0 atom stereocenters. The summed E-state index contributed by atoms with van der Waals surface area (Å²) < 4.78 is 0. The van der Waals surface area contributed by atoms with Crippen LogP contribution in [-0.2, 0) is 6.54 Å². The van der Waals surface area contributed by atoms with Crippen LogP contribution >= 0.6 is 11.6 Å². The maximum absolute atomic E-state index is 6.07. The molecule has 0 fully saturated rings. The van der Waals surface area contributed by atoms with E-state index in [1.165, 1.54) is 5.56 Å². The molecule has 4 heteroatoms. The number of pyridine rings is 1. The fourth-order valence-corrected chi connectivity index (χ4v) is 2.50. The Bertz CT molecular complexity index is 650. The van der Waals surface area contributed by atoms with Crippen molar-refractivity contribution in [2.45, 2.75) is 26.4 Å². The molecule has 1 aromatic carbocycles. The number of hydrogen-bond donors (Lipinski definition) is 0. The fraction of sp³-hybridized carbons (Fsp3) is 0.250. The molecule has 1 aromatic heterocycles. The van der Waals surface area contributed by atoms with Gasteiger partial charge in [0.25, 0.3) is 0 Å². The Hall–Kier alpha value is -1.87. The summed E-state index contributed by atoms with van der Waals surface area (Å²) in [5.74, 6) is 0.912. The highest BCUT2D eigenvalue weighted by molar-refractivity contribution is 6.30. The number of hydrogen-bond acceptors (Lipinski definition) is 3. The summed E-state index contributed by atoms with van der Waals surface area (Å²) in [6.45, 7) is 5.16. The van der Waals surface area contributed by atoms with Crippen molar-refractivity contribution in [1.29, 1.82) is 0 Å². The Balaban J connectivity index is 2.12. The van der Waals surface area contributed by atoms with Gasteiger partial charge < -0.3 is 4.90 Å². The average molecular weight is 286 g/mol. The Morgan fingerprint density at radius 3 is 2.75 bits per heavy atom. The van der Waals surface area contributed by atoms with Gasteiger partial charge in [0.1, 0.15) is 5.69 Å². The van der Waals surface area contributed by atoms with Crippen LogP contribution in [-0.4, -0.2) is 21.8 Å². The zero-order valence-corrected chi connectivity index (χ0v) is 12.3. The largest absolute Gasteiger partial charge is 0.348 e. The third-order valence-corrected chi connectivity index (χ3v) is 3.64. The van der Waals surface area contributed by atoms with Gasteiger partial charge in [0.05, 0.1) is 5.69 Å². The van der Waals surface area contributed by atoms with E-state index >= 15 is 0 Å². The number of rotatable bonds is 2. The molecule has 0 N–H and O–H groups in total. The summed E-state index contributed by atoms with van der Waals surface area (Å²) in [5.41, 5.74) is 3.03. The normalized spacial score (nSPS) is 14.2. The molecule has 1 aliphatic heterocycles. The van der Waals surface area contributed by atoms with Gasteiger partial charge in [-0.15, -0.1) is 0 Å². The monoisotopic (exact) mass is 285 g/mol.